The summed E-state index contributed by atoms with van der Waals surface area (Å²) < 4.78 is 7.65. The van der Waals surface area contributed by atoms with Gasteiger partial charge in [-0.25, -0.2) is 5.43 Å². The summed E-state index contributed by atoms with van der Waals surface area (Å²) in [5, 5.41) is 4.80. The lowest BCUT2D eigenvalue weighted by molar-refractivity contribution is -0.121. The molecule has 5 rings (SSSR count). The summed E-state index contributed by atoms with van der Waals surface area (Å²) in [5.74, 6) is -0.319. The van der Waals surface area contributed by atoms with Crippen molar-refractivity contribution in [3.63, 3.8) is 0 Å². The highest BCUT2D eigenvalue weighted by atomic mass is 16.3. The van der Waals surface area contributed by atoms with Crippen LogP contribution in [0.3, 0.4) is 0 Å². The number of carbonyl (C=O) groups excluding carboxylic acids is 1. The Labute approximate surface area is 193 Å². The smallest absolute Gasteiger partial charge is 0.242 e. The van der Waals surface area contributed by atoms with Gasteiger partial charge in [0.05, 0.1) is 11.7 Å². The summed E-state index contributed by atoms with van der Waals surface area (Å²) in [6, 6.07) is 22.8. The van der Waals surface area contributed by atoms with Gasteiger partial charge in [-0.05, 0) is 24.6 Å². The van der Waals surface area contributed by atoms with Crippen molar-refractivity contribution in [3.8, 4) is 0 Å². The molecule has 34 heavy (non-hydrogen) atoms. The molecule has 0 bridgehead atoms. The van der Waals surface area contributed by atoms with Crippen molar-refractivity contribution >= 4 is 34.0 Å². The predicted octanol–water partition coefficient (Wildman–Crippen LogP) is 3.93. The molecule has 1 aliphatic heterocycles. The molecule has 7 nitrogen and oxygen atoms in total. The maximum absolute atomic E-state index is 13.5. The van der Waals surface area contributed by atoms with Gasteiger partial charge in [-0.1, -0.05) is 66.7 Å². The van der Waals surface area contributed by atoms with Crippen molar-refractivity contribution in [2.75, 3.05) is 0 Å². The molecule has 7 heteroatoms. The third kappa shape index (κ3) is 3.77. The number of hydrogen-bond donors (Lipinski definition) is 1. The van der Waals surface area contributed by atoms with Crippen LogP contribution in [-0.2, 0) is 4.79 Å². The summed E-state index contributed by atoms with van der Waals surface area (Å²) in [4.78, 5) is 39.3. The Hall–Kier alpha value is -4.52. The van der Waals surface area contributed by atoms with E-state index in [1.165, 1.54) is 0 Å². The second-order valence-electron chi connectivity index (χ2n) is 8.08. The molecule has 0 saturated heterocycles. The topological polar surface area (TPSA) is 93.7 Å². The Kier molecular flexibility index (Phi) is 5.51. The van der Waals surface area contributed by atoms with E-state index >= 15 is 0 Å². The zero-order chi connectivity index (χ0) is 23.7. The van der Waals surface area contributed by atoms with Crippen LogP contribution in [0.2, 0.25) is 0 Å². The van der Waals surface area contributed by atoms with Crippen LogP contribution >= 0.6 is 0 Å². The highest BCUT2D eigenvalue weighted by Crippen LogP contribution is 2.22. The third-order valence-electron chi connectivity index (χ3n) is 5.75. The number of hydrazone groups is 1. The Morgan fingerprint density at radius 3 is 2.35 bits per heavy atom. The first-order valence-electron chi connectivity index (χ1n) is 10.9. The van der Waals surface area contributed by atoms with Crippen molar-refractivity contribution in [1.29, 1.82) is 0 Å². The molecule has 1 unspecified atom stereocenters. The quantitative estimate of drug-likeness (QED) is 0.324. The van der Waals surface area contributed by atoms with E-state index in [9.17, 15) is 14.4 Å². The number of nitrogens with one attached hydrogen (secondary N) is 1. The highest BCUT2D eigenvalue weighted by Gasteiger charge is 2.19. The number of hydrogen-bond acceptors (Lipinski definition) is 5. The highest BCUT2D eigenvalue weighted by molar-refractivity contribution is 5.83. The summed E-state index contributed by atoms with van der Waals surface area (Å²) in [6.07, 6.45) is 1.61. The van der Waals surface area contributed by atoms with E-state index in [1.807, 2.05) is 43.3 Å². The first-order valence-corrected chi connectivity index (χ1v) is 10.9. The zero-order valence-corrected chi connectivity index (χ0v) is 18.4. The summed E-state index contributed by atoms with van der Waals surface area (Å²) >= 11 is 0. The fourth-order valence-electron chi connectivity index (χ4n) is 4.21. The van der Waals surface area contributed by atoms with Crippen LogP contribution in [-0.4, -0.2) is 16.7 Å². The third-order valence-corrected chi connectivity index (χ3v) is 5.75. The molecule has 0 saturated carbocycles. The van der Waals surface area contributed by atoms with E-state index in [4.69, 9.17) is 4.42 Å². The van der Waals surface area contributed by atoms with E-state index < -0.39 is 6.04 Å². The van der Waals surface area contributed by atoms with Crippen LogP contribution in [0.5, 0.6) is 0 Å². The van der Waals surface area contributed by atoms with Gasteiger partial charge >= 0.3 is 0 Å². The van der Waals surface area contributed by atoms with Crippen molar-refractivity contribution < 1.29 is 9.21 Å². The lowest BCUT2D eigenvalue weighted by Gasteiger charge is -2.19. The van der Waals surface area contributed by atoms with Crippen molar-refractivity contribution in [1.82, 2.24) is 9.99 Å². The molecule has 0 spiro atoms. The molecule has 1 amide bonds. The lowest BCUT2D eigenvalue weighted by atomic mass is 10.1. The molecule has 3 aromatic rings. The summed E-state index contributed by atoms with van der Waals surface area (Å²) in [7, 11) is 0. The monoisotopic (exact) mass is 451 g/mol. The van der Waals surface area contributed by atoms with Crippen LogP contribution in [0.25, 0.3) is 21.9 Å². The lowest BCUT2D eigenvalue weighted by Crippen LogP contribution is -2.26. The Bertz CT molecular complexity index is 1740. The zero-order valence-electron chi connectivity index (χ0n) is 18.4. The van der Waals surface area contributed by atoms with Gasteiger partial charge in [0.25, 0.3) is 0 Å². The molecule has 0 aromatic heterocycles. The first-order chi connectivity index (χ1) is 16.5. The second kappa shape index (κ2) is 8.78. The molecule has 1 N–H and O–H groups in total. The molecular weight excluding hydrogens is 430 g/mol. The molecule has 168 valence electrons. The number of aromatic nitrogens is 1. The minimum atomic E-state index is -0.455. The molecule has 0 fully saturated rings. The number of carbonyl (C=O) groups is 1. The van der Waals surface area contributed by atoms with Crippen molar-refractivity contribution in [2.24, 2.45) is 5.10 Å². The van der Waals surface area contributed by atoms with Gasteiger partial charge in [-0.3, -0.25) is 14.4 Å². The van der Waals surface area contributed by atoms with Crippen LogP contribution in [0.4, 0.5) is 0 Å². The number of benzene rings is 3. The van der Waals surface area contributed by atoms with E-state index in [1.54, 1.807) is 53.2 Å². The van der Waals surface area contributed by atoms with E-state index in [2.05, 4.69) is 10.5 Å². The number of rotatable bonds is 5. The SMILES string of the molecule is CC(CC(=O)NN=Cc1ccccc1)n1c2c(=O)c3ccccc3c(=O)c=2oc2ccccc21. The maximum atomic E-state index is 13.5. The summed E-state index contributed by atoms with van der Waals surface area (Å²) in [6.45, 7) is 1.82. The van der Waals surface area contributed by atoms with Gasteiger partial charge in [0, 0.05) is 23.2 Å². The normalized spacial score (nSPS) is 12.5. The molecule has 0 radical (unpaired) electrons. The molecule has 1 aliphatic carbocycles. The maximum Gasteiger partial charge on any atom is 0.242 e. The number of nitrogens with zero attached hydrogens (tertiary/aromatic N) is 2. The minimum absolute atomic E-state index is 0.0169. The van der Waals surface area contributed by atoms with Crippen LogP contribution in [0.1, 0.15) is 24.9 Å². The van der Waals surface area contributed by atoms with E-state index in [0.29, 0.717) is 21.9 Å². The van der Waals surface area contributed by atoms with E-state index in [-0.39, 0.29) is 34.0 Å². The Balaban J connectivity index is 1.61. The Morgan fingerprint density at radius 1 is 0.941 bits per heavy atom. The summed E-state index contributed by atoms with van der Waals surface area (Å²) in [5.41, 5.74) is 3.79. The Morgan fingerprint density at radius 2 is 1.59 bits per heavy atom. The number of para-hydroxylation sites is 2. The molecular formula is C27H21N3O4. The average Bonchev–Trinajstić information content (AvgIpc) is 2.86. The molecule has 3 aromatic carbocycles. The van der Waals surface area contributed by atoms with Crippen molar-refractivity contribution in [3.05, 3.63) is 116 Å². The van der Waals surface area contributed by atoms with Gasteiger partial charge in [0.2, 0.25) is 22.2 Å². The fraction of sp³-hybridized carbons (Fsp3) is 0.111. The van der Waals surface area contributed by atoms with Gasteiger partial charge in [0.15, 0.2) is 5.58 Å². The van der Waals surface area contributed by atoms with Crippen LogP contribution in [0.15, 0.2) is 98.0 Å². The fourth-order valence-corrected chi connectivity index (χ4v) is 4.21. The molecule has 1 heterocycles. The van der Waals surface area contributed by atoms with Gasteiger partial charge < -0.3 is 8.98 Å². The molecule has 2 aliphatic rings. The van der Waals surface area contributed by atoms with Gasteiger partial charge in [0.1, 0.15) is 5.35 Å². The van der Waals surface area contributed by atoms with Crippen LogP contribution < -0.4 is 16.3 Å². The number of fused-ring (bicyclic) bond motifs is 2. The predicted molar refractivity (Wildman–Crippen MR) is 131 cm³/mol. The average molecular weight is 451 g/mol. The first kappa shape index (κ1) is 21.3. The standard InChI is InChI=1S/C27H21N3O4/c1-17(15-23(31)29-28-16-18-9-3-2-4-10-18)30-21-13-7-8-14-22(21)34-27-24(30)25(32)19-11-5-6-12-20(19)26(27)33/h2-14,16-17H,15H2,1H3,(H,29,31). The van der Waals surface area contributed by atoms with Crippen LogP contribution in [0, 0.1) is 10.8 Å². The van der Waals surface area contributed by atoms with E-state index in [0.717, 1.165) is 5.56 Å². The second-order valence-corrected chi connectivity index (χ2v) is 8.08. The largest absolute Gasteiger partial charge is 0.449 e. The van der Waals surface area contributed by atoms with Gasteiger partial charge in [-0.2, -0.15) is 5.10 Å². The van der Waals surface area contributed by atoms with Gasteiger partial charge in [-0.15, -0.1) is 0 Å². The molecule has 1 atom stereocenters. The minimum Gasteiger partial charge on any atom is -0.449 e. The number of amides is 1. The van der Waals surface area contributed by atoms with Crippen molar-refractivity contribution in [2.45, 2.75) is 19.4 Å².